The van der Waals surface area contributed by atoms with Gasteiger partial charge in [0.05, 0.1) is 10.9 Å². The fourth-order valence-electron chi connectivity index (χ4n) is 3.26. The second kappa shape index (κ2) is 8.83. The number of anilines is 1. The van der Waals surface area contributed by atoms with E-state index in [2.05, 4.69) is 15.3 Å². The van der Waals surface area contributed by atoms with Gasteiger partial charge < -0.3 is 15.2 Å². The number of fused-ring (bicyclic) bond motifs is 1. The van der Waals surface area contributed by atoms with Gasteiger partial charge in [-0.05, 0) is 17.7 Å². The van der Waals surface area contributed by atoms with Crippen LogP contribution in [0.3, 0.4) is 0 Å². The third kappa shape index (κ3) is 4.02. The molecule has 0 saturated carbocycles. The van der Waals surface area contributed by atoms with E-state index in [0.29, 0.717) is 11.6 Å². The highest BCUT2D eigenvalue weighted by molar-refractivity contribution is 7.17. The van der Waals surface area contributed by atoms with E-state index in [4.69, 9.17) is 4.74 Å². The first-order chi connectivity index (χ1) is 14.6. The largest absolute Gasteiger partial charge is 0.386 e. The lowest BCUT2D eigenvalue weighted by Gasteiger charge is -2.16. The van der Waals surface area contributed by atoms with Crippen LogP contribution in [0.15, 0.2) is 53.9 Å². The van der Waals surface area contributed by atoms with Crippen LogP contribution in [0.2, 0.25) is 0 Å². The standard InChI is InChI=1S/C22H19F2N3O2S/c1-29-11-18-26-21(25-10-17(28)20-15(23)8-5-9-16(20)24)19-14(12-30-22(19)27-18)13-6-3-2-4-7-13/h2-9,12,17,28H,10-11H2,1H3,(H,25,26,27). The second-order valence-corrected chi connectivity index (χ2v) is 7.51. The van der Waals surface area contributed by atoms with Gasteiger partial charge in [0.2, 0.25) is 0 Å². The van der Waals surface area contributed by atoms with Gasteiger partial charge >= 0.3 is 0 Å². The molecule has 0 aliphatic rings. The predicted molar refractivity (Wildman–Crippen MR) is 113 cm³/mol. The summed E-state index contributed by atoms with van der Waals surface area (Å²) in [5.74, 6) is -0.640. The van der Waals surface area contributed by atoms with E-state index in [1.165, 1.54) is 17.4 Å². The van der Waals surface area contributed by atoms with Crippen molar-refractivity contribution in [3.63, 3.8) is 0 Å². The molecule has 0 amide bonds. The Morgan fingerprint density at radius 1 is 1.07 bits per heavy atom. The number of thiophene rings is 1. The lowest BCUT2D eigenvalue weighted by Crippen LogP contribution is -2.16. The molecule has 5 nitrogen and oxygen atoms in total. The number of ether oxygens (including phenoxy) is 1. The molecule has 2 N–H and O–H groups in total. The molecule has 2 heterocycles. The highest BCUT2D eigenvalue weighted by Gasteiger charge is 2.20. The Kier molecular flexibility index (Phi) is 5.98. The van der Waals surface area contributed by atoms with Crippen molar-refractivity contribution in [1.82, 2.24) is 9.97 Å². The lowest BCUT2D eigenvalue weighted by atomic mass is 10.1. The number of benzene rings is 2. The second-order valence-electron chi connectivity index (χ2n) is 6.65. The Hall–Kier alpha value is -2.94. The first kappa shape index (κ1) is 20.3. The van der Waals surface area contributed by atoms with E-state index in [9.17, 15) is 13.9 Å². The van der Waals surface area contributed by atoms with Crippen molar-refractivity contribution in [3.8, 4) is 11.1 Å². The van der Waals surface area contributed by atoms with Crippen LogP contribution in [-0.2, 0) is 11.3 Å². The zero-order chi connectivity index (χ0) is 21.1. The summed E-state index contributed by atoms with van der Waals surface area (Å²) in [4.78, 5) is 9.82. The molecule has 154 valence electrons. The van der Waals surface area contributed by atoms with Gasteiger partial charge in [0.25, 0.3) is 0 Å². The number of hydrogen-bond donors (Lipinski definition) is 2. The molecule has 0 fully saturated rings. The van der Waals surface area contributed by atoms with Crippen molar-refractivity contribution in [2.45, 2.75) is 12.7 Å². The van der Waals surface area contributed by atoms with Crippen molar-refractivity contribution in [1.29, 1.82) is 0 Å². The van der Waals surface area contributed by atoms with Crippen LogP contribution in [0.25, 0.3) is 21.3 Å². The van der Waals surface area contributed by atoms with E-state index in [1.54, 1.807) is 7.11 Å². The molecular formula is C22H19F2N3O2S. The Bertz CT molecular complexity index is 1150. The van der Waals surface area contributed by atoms with Gasteiger partial charge in [0, 0.05) is 24.6 Å². The highest BCUT2D eigenvalue weighted by Crippen LogP contribution is 2.37. The minimum Gasteiger partial charge on any atom is -0.386 e. The summed E-state index contributed by atoms with van der Waals surface area (Å²) >= 11 is 1.47. The Balaban J connectivity index is 1.72. The van der Waals surface area contributed by atoms with Crippen molar-refractivity contribution in [2.24, 2.45) is 0 Å². The number of aromatic nitrogens is 2. The molecule has 0 spiro atoms. The molecule has 1 atom stereocenters. The van der Waals surface area contributed by atoms with Gasteiger partial charge in [0.1, 0.15) is 35.0 Å². The molecule has 8 heteroatoms. The predicted octanol–water partition coefficient (Wildman–Crippen LogP) is 4.93. The maximum absolute atomic E-state index is 14.0. The first-order valence-corrected chi connectivity index (χ1v) is 10.1. The molecule has 4 rings (SSSR count). The maximum atomic E-state index is 14.0. The van der Waals surface area contributed by atoms with E-state index < -0.39 is 17.7 Å². The molecule has 0 radical (unpaired) electrons. The summed E-state index contributed by atoms with van der Waals surface area (Å²) in [6.45, 7) is 0.0914. The monoisotopic (exact) mass is 427 g/mol. The fraction of sp³-hybridized carbons (Fsp3) is 0.182. The molecule has 0 bridgehead atoms. The minimum absolute atomic E-state index is 0.125. The molecule has 4 aromatic rings. The summed E-state index contributed by atoms with van der Waals surface area (Å²) < 4.78 is 33.2. The quantitative estimate of drug-likeness (QED) is 0.438. The van der Waals surface area contributed by atoms with Crippen LogP contribution in [0.1, 0.15) is 17.5 Å². The van der Waals surface area contributed by atoms with Crippen LogP contribution in [0.5, 0.6) is 0 Å². The van der Waals surface area contributed by atoms with Crippen LogP contribution in [-0.4, -0.2) is 28.7 Å². The topological polar surface area (TPSA) is 67.3 Å². The molecule has 2 aromatic heterocycles. The van der Waals surface area contributed by atoms with E-state index in [0.717, 1.165) is 33.5 Å². The van der Waals surface area contributed by atoms with Crippen LogP contribution < -0.4 is 5.32 Å². The number of hydrogen-bond acceptors (Lipinski definition) is 6. The van der Waals surface area contributed by atoms with Crippen LogP contribution in [0.4, 0.5) is 14.6 Å². The van der Waals surface area contributed by atoms with Gasteiger partial charge in [-0.2, -0.15) is 0 Å². The number of nitrogens with one attached hydrogen (secondary N) is 1. The molecule has 1 unspecified atom stereocenters. The Morgan fingerprint density at radius 2 is 1.80 bits per heavy atom. The number of aliphatic hydroxyl groups excluding tert-OH is 1. The smallest absolute Gasteiger partial charge is 0.158 e. The Labute approximate surface area is 176 Å². The first-order valence-electron chi connectivity index (χ1n) is 9.26. The van der Waals surface area contributed by atoms with E-state index in [-0.39, 0.29) is 18.7 Å². The van der Waals surface area contributed by atoms with E-state index in [1.807, 2.05) is 35.7 Å². The molecule has 0 aliphatic heterocycles. The average molecular weight is 427 g/mol. The van der Waals surface area contributed by atoms with Gasteiger partial charge in [-0.1, -0.05) is 36.4 Å². The summed E-state index contributed by atoms with van der Waals surface area (Å²) in [5, 5.41) is 16.2. The Morgan fingerprint density at radius 3 is 2.50 bits per heavy atom. The molecule has 30 heavy (non-hydrogen) atoms. The zero-order valence-corrected chi connectivity index (χ0v) is 16.9. The van der Waals surface area contributed by atoms with Gasteiger partial charge in [-0.3, -0.25) is 0 Å². The van der Waals surface area contributed by atoms with Gasteiger partial charge in [-0.25, -0.2) is 18.7 Å². The minimum atomic E-state index is -1.39. The maximum Gasteiger partial charge on any atom is 0.158 e. The number of nitrogens with zero attached hydrogens (tertiary/aromatic N) is 2. The number of halogens is 2. The van der Waals surface area contributed by atoms with Gasteiger partial charge in [-0.15, -0.1) is 11.3 Å². The van der Waals surface area contributed by atoms with Crippen molar-refractivity contribution in [2.75, 3.05) is 19.0 Å². The zero-order valence-electron chi connectivity index (χ0n) is 16.1. The summed E-state index contributed by atoms with van der Waals surface area (Å²) in [6.07, 6.45) is -1.39. The number of methoxy groups -OCH3 is 1. The number of aliphatic hydroxyl groups is 1. The molecule has 0 saturated heterocycles. The van der Waals surface area contributed by atoms with Crippen molar-refractivity contribution < 1.29 is 18.6 Å². The highest BCUT2D eigenvalue weighted by atomic mass is 32.1. The molecular weight excluding hydrogens is 408 g/mol. The van der Waals surface area contributed by atoms with Crippen LogP contribution >= 0.6 is 11.3 Å². The summed E-state index contributed by atoms with van der Waals surface area (Å²) in [7, 11) is 1.55. The number of rotatable bonds is 7. The van der Waals surface area contributed by atoms with Crippen molar-refractivity contribution in [3.05, 3.63) is 76.9 Å². The van der Waals surface area contributed by atoms with Crippen LogP contribution in [0, 0.1) is 11.6 Å². The van der Waals surface area contributed by atoms with Gasteiger partial charge in [0.15, 0.2) is 5.82 Å². The molecule has 0 aliphatic carbocycles. The van der Waals surface area contributed by atoms with E-state index >= 15 is 0 Å². The lowest BCUT2D eigenvalue weighted by molar-refractivity contribution is 0.177. The third-order valence-electron chi connectivity index (χ3n) is 4.63. The van der Waals surface area contributed by atoms with Crippen molar-refractivity contribution >= 4 is 27.4 Å². The summed E-state index contributed by atoms with van der Waals surface area (Å²) in [6, 6.07) is 13.3. The molecule has 2 aromatic carbocycles. The fourth-order valence-corrected chi connectivity index (χ4v) is 4.23. The SMILES string of the molecule is COCc1nc(NCC(O)c2c(F)cccc2F)c2c(-c3ccccc3)csc2n1. The summed E-state index contributed by atoms with van der Waals surface area (Å²) in [5.41, 5.74) is 1.56. The average Bonchev–Trinajstić information content (AvgIpc) is 3.17. The third-order valence-corrected chi connectivity index (χ3v) is 5.51. The normalized spacial score (nSPS) is 12.3.